The number of likely N-dealkylation sites (N-methyl/N-ethyl adjacent to an activating group) is 1. The fourth-order valence-electron chi connectivity index (χ4n) is 4.22. The Hall–Kier alpha value is -2.14. The SMILES string of the molecule is COc1ccc2c(CCN(C)C)cn(S(=O)(=O)OCC(C)(C)C(=O)OCC3(C)CN(C)C3)c2c1. The van der Waals surface area contributed by atoms with Crippen molar-refractivity contribution in [2.45, 2.75) is 27.2 Å². The molecule has 1 aliphatic rings. The quantitative estimate of drug-likeness (QED) is 0.439. The normalized spacial score (nSPS) is 16.6. The zero-order valence-electron chi connectivity index (χ0n) is 21.3. The Morgan fingerprint density at radius 3 is 2.50 bits per heavy atom. The second-order valence-electron chi connectivity index (χ2n) is 10.5. The van der Waals surface area contributed by atoms with Crippen LogP contribution in [0.3, 0.4) is 0 Å². The molecule has 1 fully saturated rings. The lowest BCUT2D eigenvalue weighted by Crippen LogP contribution is -2.55. The highest BCUT2D eigenvalue weighted by atomic mass is 32.2. The standard InChI is InChI=1S/C24H37N3O6S/c1-23(2,22(28)32-17-24(3)14-26(6)15-24)16-33-34(29,30)27-13-18(10-11-25(4)5)20-9-8-19(31-7)12-21(20)27/h8-9,12-13H,10-11,14-17H2,1-7H3. The van der Waals surface area contributed by atoms with Gasteiger partial charge >= 0.3 is 16.3 Å². The lowest BCUT2D eigenvalue weighted by molar-refractivity contribution is -0.162. The fraction of sp³-hybridized carbons (Fsp3) is 0.625. The van der Waals surface area contributed by atoms with Crippen LogP contribution in [0.2, 0.25) is 0 Å². The molecule has 10 heteroatoms. The first kappa shape index (κ1) is 26.5. The number of hydrogen-bond acceptors (Lipinski definition) is 8. The first-order valence-corrected chi connectivity index (χ1v) is 12.7. The summed E-state index contributed by atoms with van der Waals surface area (Å²) in [5.41, 5.74) is 0.152. The molecule has 1 aromatic heterocycles. The summed E-state index contributed by atoms with van der Waals surface area (Å²) in [6, 6.07) is 5.33. The van der Waals surface area contributed by atoms with E-state index in [1.807, 2.05) is 32.1 Å². The number of ether oxygens (including phenoxy) is 2. The van der Waals surface area contributed by atoms with Crippen molar-refractivity contribution >= 4 is 27.2 Å². The number of carbonyl (C=O) groups excluding carboxylic acids is 1. The Kier molecular flexibility index (Phi) is 7.66. The first-order chi connectivity index (χ1) is 15.8. The number of methoxy groups -OCH3 is 1. The number of rotatable bonds is 11. The number of nitrogens with zero attached hydrogens (tertiary/aromatic N) is 3. The Balaban J connectivity index is 1.76. The van der Waals surface area contributed by atoms with Gasteiger partial charge in [0.1, 0.15) is 5.75 Å². The molecular formula is C24H37N3O6S. The van der Waals surface area contributed by atoms with Crippen molar-refractivity contribution in [1.29, 1.82) is 0 Å². The molecule has 3 rings (SSSR count). The van der Waals surface area contributed by atoms with Crippen molar-refractivity contribution in [1.82, 2.24) is 13.8 Å². The molecule has 190 valence electrons. The second kappa shape index (κ2) is 9.85. The van der Waals surface area contributed by atoms with E-state index in [4.69, 9.17) is 13.7 Å². The molecule has 0 aliphatic carbocycles. The largest absolute Gasteiger partial charge is 0.497 e. The van der Waals surface area contributed by atoms with Gasteiger partial charge in [-0.15, -0.1) is 0 Å². The van der Waals surface area contributed by atoms with Crippen molar-refractivity contribution in [3.8, 4) is 5.75 Å². The summed E-state index contributed by atoms with van der Waals surface area (Å²) < 4.78 is 43.7. The van der Waals surface area contributed by atoms with Crippen LogP contribution in [0.1, 0.15) is 26.3 Å². The van der Waals surface area contributed by atoms with E-state index in [-0.39, 0.29) is 12.0 Å². The van der Waals surface area contributed by atoms with Crippen LogP contribution in [0, 0.1) is 10.8 Å². The fourth-order valence-corrected chi connectivity index (χ4v) is 5.43. The number of fused-ring (bicyclic) bond motifs is 1. The van der Waals surface area contributed by atoms with Crippen molar-refractivity contribution in [2.75, 3.05) is 61.1 Å². The summed E-state index contributed by atoms with van der Waals surface area (Å²) in [7, 11) is 3.27. The molecule has 1 saturated heterocycles. The maximum absolute atomic E-state index is 13.2. The zero-order chi connectivity index (χ0) is 25.3. The lowest BCUT2D eigenvalue weighted by atomic mass is 9.83. The predicted molar refractivity (Wildman–Crippen MR) is 131 cm³/mol. The van der Waals surface area contributed by atoms with Crippen molar-refractivity contribution in [3.63, 3.8) is 0 Å². The van der Waals surface area contributed by atoms with Crippen LogP contribution in [-0.4, -0.2) is 89.3 Å². The Morgan fingerprint density at radius 1 is 1.24 bits per heavy atom. The maximum Gasteiger partial charge on any atom is 0.366 e. The first-order valence-electron chi connectivity index (χ1n) is 11.3. The van der Waals surface area contributed by atoms with E-state index in [1.165, 1.54) is 7.11 Å². The van der Waals surface area contributed by atoms with Gasteiger partial charge < -0.3 is 19.3 Å². The maximum atomic E-state index is 13.2. The number of carbonyl (C=O) groups is 1. The predicted octanol–water partition coefficient (Wildman–Crippen LogP) is 2.38. The number of hydrogen-bond donors (Lipinski definition) is 0. The molecule has 0 bridgehead atoms. The molecule has 1 aliphatic heterocycles. The molecule has 34 heavy (non-hydrogen) atoms. The van der Waals surface area contributed by atoms with Gasteiger partial charge in [0.05, 0.1) is 31.3 Å². The summed E-state index contributed by atoms with van der Waals surface area (Å²) in [4.78, 5) is 16.9. The molecule has 2 aromatic rings. The highest BCUT2D eigenvalue weighted by Crippen LogP contribution is 2.31. The third-order valence-electron chi connectivity index (χ3n) is 6.11. The minimum Gasteiger partial charge on any atom is -0.497 e. The minimum atomic E-state index is -4.21. The van der Waals surface area contributed by atoms with E-state index in [9.17, 15) is 13.2 Å². The highest BCUT2D eigenvalue weighted by molar-refractivity contribution is 7.85. The third kappa shape index (κ3) is 5.91. The van der Waals surface area contributed by atoms with Gasteiger partial charge in [0.25, 0.3) is 0 Å². The van der Waals surface area contributed by atoms with E-state index in [0.29, 0.717) is 24.3 Å². The topological polar surface area (TPSA) is 90.3 Å². The van der Waals surface area contributed by atoms with Gasteiger partial charge in [-0.2, -0.15) is 8.42 Å². The smallest absolute Gasteiger partial charge is 0.366 e. The lowest BCUT2D eigenvalue weighted by Gasteiger charge is -2.45. The van der Waals surface area contributed by atoms with E-state index in [1.54, 1.807) is 32.2 Å². The van der Waals surface area contributed by atoms with E-state index < -0.39 is 21.7 Å². The van der Waals surface area contributed by atoms with Gasteiger partial charge in [-0.05, 0) is 59.1 Å². The minimum absolute atomic E-state index is 0.0699. The molecule has 0 atom stereocenters. The Bertz CT molecular complexity index is 1130. The summed E-state index contributed by atoms with van der Waals surface area (Å²) in [6.45, 7) is 7.74. The molecule has 0 amide bonds. The van der Waals surface area contributed by atoms with Crippen molar-refractivity contribution < 1.29 is 26.9 Å². The van der Waals surface area contributed by atoms with Gasteiger partial charge in [0.2, 0.25) is 0 Å². The monoisotopic (exact) mass is 495 g/mol. The second-order valence-corrected chi connectivity index (χ2v) is 12.0. The Morgan fingerprint density at radius 2 is 1.91 bits per heavy atom. The van der Waals surface area contributed by atoms with E-state index in [2.05, 4.69) is 11.8 Å². The van der Waals surface area contributed by atoms with Crippen LogP contribution in [-0.2, 0) is 30.4 Å². The van der Waals surface area contributed by atoms with Gasteiger partial charge in [-0.1, -0.05) is 6.92 Å². The molecule has 0 unspecified atom stereocenters. The van der Waals surface area contributed by atoms with Crippen LogP contribution >= 0.6 is 0 Å². The molecule has 0 N–H and O–H groups in total. The summed E-state index contributed by atoms with van der Waals surface area (Å²) >= 11 is 0. The van der Waals surface area contributed by atoms with Crippen molar-refractivity contribution in [2.24, 2.45) is 10.8 Å². The number of benzene rings is 1. The molecule has 1 aromatic carbocycles. The van der Waals surface area contributed by atoms with Crippen LogP contribution in [0.25, 0.3) is 10.9 Å². The summed E-state index contributed by atoms with van der Waals surface area (Å²) in [5.74, 6) is 0.0597. The van der Waals surface area contributed by atoms with Gasteiger partial charge in [-0.3, -0.25) is 8.98 Å². The molecule has 9 nitrogen and oxygen atoms in total. The van der Waals surface area contributed by atoms with Crippen LogP contribution < -0.4 is 4.74 Å². The summed E-state index contributed by atoms with van der Waals surface area (Å²) in [5, 5.41) is 0.812. The molecular weight excluding hydrogens is 458 g/mol. The third-order valence-corrected chi connectivity index (χ3v) is 7.31. The Labute approximate surface area is 202 Å². The molecule has 0 spiro atoms. The van der Waals surface area contributed by atoms with Crippen LogP contribution in [0.5, 0.6) is 5.75 Å². The van der Waals surface area contributed by atoms with E-state index >= 15 is 0 Å². The van der Waals surface area contributed by atoms with Gasteiger partial charge in [0, 0.05) is 42.7 Å². The van der Waals surface area contributed by atoms with Gasteiger partial charge in [0.15, 0.2) is 0 Å². The highest BCUT2D eigenvalue weighted by Gasteiger charge is 2.40. The summed E-state index contributed by atoms with van der Waals surface area (Å²) in [6.07, 6.45) is 2.26. The molecule has 0 radical (unpaired) electrons. The van der Waals surface area contributed by atoms with Crippen LogP contribution in [0.4, 0.5) is 0 Å². The van der Waals surface area contributed by atoms with E-state index in [0.717, 1.165) is 34.6 Å². The average Bonchev–Trinajstić information content (AvgIpc) is 3.12. The molecule has 0 saturated carbocycles. The zero-order valence-corrected chi connectivity index (χ0v) is 22.1. The molecule has 2 heterocycles. The number of likely N-dealkylation sites (tertiary alicyclic amines) is 1. The van der Waals surface area contributed by atoms with Gasteiger partial charge in [-0.25, -0.2) is 3.97 Å². The van der Waals surface area contributed by atoms with Crippen molar-refractivity contribution in [3.05, 3.63) is 30.0 Å². The van der Waals surface area contributed by atoms with Crippen LogP contribution in [0.15, 0.2) is 24.4 Å². The number of aromatic nitrogens is 1. The average molecular weight is 496 g/mol. The number of esters is 1.